The molecule has 0 spiro atoms. The van der Waals surface area contributed by atoms with Gasteiger partial charge in [-0.25, -0.2) is 0 Å². The summed E-state index contributed by atoms with van der Waals surface area (Å²) in [6.45, 7) is 0.642. The summed E-state index contributed by atoms with van der Waals surface area (Å²) in [6.07, 6.45) is 0.356. The molecule has 1 aliphatic rings. The lowest BCUT2D eigenvalue weighted by Gasteiger charge is -2.21. The van der Waals surface area contributed by atoms with Gasteiger partial charge in [0.1, 0.15) is 5.75 Å². The Balaban J connectivity index is 2.33. The van der Waals surface area contributed by atoms with Crippen molar-refractivity contribution < 1.29 is 14.3 Å². The molecule has 2 amide bonds. The van der Waals surface area contributed by atoms with E-state index < -0.39 is 0 Å². The van der Waals surface area contributed by atoms with Crippen LogP contribution in [0.1, 0.15) is 6.42 Å². The molecule has 1 aromatic carbocycles. The average molecular weight is 277 g/mol. The maximum Gasteiger partial charge on any atom is 0.240 e. The molecule has 6 heteroatoms. The van der Waals surface area contributed by atoms with Gasteiger partial charge in [-0.15, -0.1) is 0 Å². The van der Waals surface area contributed by atoms with Crippen LogP contribution in [0.25, 0.3) is 0 Å². The van der Waals surface area contributed by atoms with Crippen molar-refractivity contribution >= 4 is 23.2 Å². The molecule has 0 atom stereocenters. The molecule has 0 aromatic heterocycles. The predicted molar refractivity (Wildman–Crippen MR) is 77.3 cm³/mol. The van der Waals surface area contributed by atoms with E-state index in [2.05, 4.69) is 5.32 Å². The Morgan fingerprint density at radius 2 is 2.25 bits per heavy atom. The molecule has 0 unspecified atom stereocenters. The van der Waals surface area contributed by atoms with Crippen LogP contribution in [0.4, 0.5) is 11.4 Å². The summed E-state index contributed by atoms with van der Waals surface area (Å²) in [5.41, 5.74) is 1.42. The van der Waals surface area contributed by atoms with Gasteiger partial charge < -0.3 is 19.9 Å². The topological polar surface area (TPSA) is 61.9 Å². The second kappa shape index (κ2) is 5.92. The van der Waals surface area contributed by atoms with E-state index in [1.807, 2.05) is 6.07 Å². The summed E-state index contributed by atoms with van der Waals surface area (Å²) in [5, 5.41) is 2.83. The fourth-order valence-electron chi connectivity index (χ4n) is 2.06. The van der Waals surface area contributed by atoms with Crippen LogP contribution in [0.3, 0.4) is 0 Å². The Hall–Kier alpha value is -2.08. The zero-order chi connectivity index (χ0) is 14.7. The number of hydrogen-bond acceptors (Lipinski definition) is 4. The first kappa shape index (κ1) is 14.3. The lowest BCUT2D eigenvalue weighted by molar-refractivity contribution is -0.118. The summed E-state index contributed by atoms with van der Waals surface area (Å²) >= 11 is 0. The maximum absolute atomic E-state index is 11.9. The van der Waals surface area contributed by atoms with Crippen LogP contribution in [0.15, 0.2) is 18.2 Å². The van der Waals surface area contributed by atoms with E-state index in [0.717, 1.165) is 5.69 Å². The zero-order valence-corrected chi connectivity index (χ0v) is 12.0. The van der Waals surface area contributed by atoms with Gasteiger partial charge in [-0.05, 0) is 25.2 Å². The first-order chi connectivity index (χ1) is 9.54. The average Bonchev–Trinajstić information content (AvgIpc) is 2.58. The third-order valence-corrected chi connectivity index (χ3v) is 3.34. The minimum absolute atomic E-state index is 0.00473. The minimum Gasteiger partial charge on any atom is -0.491 e. The first-order valence-corrected chi connectivity index (χ1v) is 6.49. The van der Waals surface area contributed by atoms with Gasteiger partial charge in [0.25, 0.3) is 0 Å². The standard InChI is InChI=1S/C14H19N3O3/c1-15-9-14(19)16(2)10-4-5-12-11(8-10)17(3)13(18)6-7-20-12/h4-5,8,15H,6-7,9H2,1-3H3. The molecule has 1 heterocycles. The smallest absolute Gasteiger partial charge is 0.240 e. The lowest BCUT2D eigenvalue weighted by atomic mass is 10.2. The van der Waals surface area contributed by atoms with Gasteiger partial charge in [-0.1, -0.05) is 0 Å². The van der Waals surface area contributed by atoms with Crippen LogP contribution in [-0.2, 0) is 9.59 Å². The lowest BCUT2D eigenvalue weighted by Crippen LogP contribution is -2.34. The van der Waals surface area contributed by atoms with Crippen molar-refractivity contribution in [1.82, 2.24) is 5.32 Å². The van der Waals surface area contributed by atoms with Gasteiger partial charge in [0.05, 0.1) is 25.3 Å². The number of nitrogens with zero attached hydrogens (tertiary/aromatic N) is 2. The van der Waals surface area contributed by atoms with Crippen molar-refractivity contribution in [3.63, 3.8) is 0 Å². The molecule has 0 bridgehead atoms. The quantitative estimate of drug-likeness (QED) is 0.879. The maximum atomic E-state index is 11.9. The number of nitrogens with one attached hydrogen (secondary N) is 1. The summed E-state index contributed by atoms with van der Waals surface area (Å²) in [7, 11) is 5.15. The van der Waals surface area contributed by atoms with E-state index in [-0.39, 0.29) is 18.4 Å². The summed E-state index contributed by atoms with van der Waals surface area (Å²) < 4.78 is 5.55. The number of ether oxygens (including phenoxy) is 1. The molecular formula is C14H19N3O3. The van der Waals surface area contributed by atoms with Gasteiger partial charge in [0.2, 0.25) is 11.8 Å². The third kappa shape index (κ3) is 2.75. The number of fused-ring (bicyclic) bond motifs is 1. The molecule has 0 saturated heterocycles. The molecule has 1 N–H and O–H groups in total. The zero-order valence-electron chi connectivity index (χ0n) is 12.0. The van der Waals surface area contributed by atoms with Crippen molar-refractivity contribution in [3.8, 4) is 5.75 Å². The second-order valence-corrected chi connectivity index (χ2v) is 4.69. The van der Waals surface area contributed by atoms with Crippen molar-refractivity contribution in [2.45, 2.75) is 6.42 Å². The number of carbonyl (C=O) groups excluding carboxylic acids is 2. The number of anilines is 2. The SMILES string of the molecule is CNCC(=O)N(C)c1ccc2c(c1)N(C)C(=O)CCO2. The van der Waals surface area contributed by atoms with Gasteiger partial charge in [0.15, 0.2) is 0 Å². The van der Waals surface area contributed by atoms with E-state index in [0.29, 0.717) is 24.5 Å². The van der Waals surface area contributed by atoms with Crippen LogP contribution >= 0.6 is 0 Å². The van der Waals surface area contributed by atoms with E-state index in [1.165, 1.54) is 0 Å². The monoisotopic (exact) mass is 277 g/mol. The Morgan fingerprint density at radius 3 is 2.95 bits per heavy atom. The van der Waals surface area contributed by atoms with Crippen LogP contribution in [0.2, 0.25) is 0 Å². The Kier molecular flexibility index (Phi) is 4.24. The highest BCUT2D eigenvalue weighted by Crippen LogP contribution is 2.34. The van der Waals surface area contributed by atoms with Gasteiger partial charge >= 0.3 is 0 Å². The van der Waals surface area contributed by atoms with Crippen LogP contribution in [-0.4, -0.2) is 46.1 Å². The molecule has 2 rings (SSSR count). The summed E-state index contributed by atoms with van der Waals surface area (Å²) in [6, 6.07) is 5.41. The van der Waals surface area contributed by atoms with Crippen molar-refractivity contribution in [3.05, 3.63) is 18.2 Å². The van der Waals surface area contributed by atoms with E-state index >= 15 is 0 Å². The molecule has 1 aromatic rings. The number of benzene rings is 1. The van der Waals surface area contributed by atoms with Crippen LogP contribution in [0.5, 0.6) is 5.75 Å². The molecule has 0 radical (unpaired) electrons. The van der Waals surface area contributed by atoms with Gasteiger partial charge in [-0.3, -0.25) is 9.59 Å². The summed E-state index contributed by atoms with van der Waals surface area (Å²) in [4.78, 5) is 26.9. The van der Waals surface area contributed by atoms with Gasteiger partial charge in [0, 0.05) is 19.8 Å². The second-order valence-electron chi connectivity index (χ2n) is 4.69. The third-order valence-electron chi connectivity index (χ3n) is 3.34. The van der Waals surface area contributed by atoms with Crippen molar-refractivity contribution in [1.29, 1.82) is 0 Å². The molecule has 20 heavy (non-hydrogen) atoms. The fraction of sp³-hybridized carbons (Fsp3) is 0.429. The molecular weight excluding hydrogens is 258 g/mol. The normalized spacial score (nSPS) is 14.3. The predicted octanol–water partition coefficient (Wildman–Crippen LogP) is 0.614. The largest absolute Gasteiger partial charge is 0.491 e. The molecule has 0 saturated carbocycles. The number of carbonyl (C=O) groups is 2. The fourth-order valence-corrected chi connectivity index (χ4v) is 2.06. The Bertz CT molecular complexity index is 530. The summed E-state index contributed by atoms with van der Waals surface area (Å²) in [5.74, 6) is 0.623. The van der Waals surface area contributed by atoms with Gasteiger partial charge in [-0.2, -0.15) is 0 Å². The number of hydrogen-bond donors (Lipinski definition) is 1. The van der Waals surface area contributed by atoms with E-state index in [9.17, 15) is 9.59 Å². The van der Waals surface area contributed by atoms with Crippen LogP contribution in [0, 0.1) is 0 Å². The Labute approximate surface area is 118 Å². The van der Waals surface area contributed by atoms with Crippen molar-refractivity contribution in [2.24, 2.45) is 0 Å². The van der Waals surface area contributed by atoms with E-state index in [1.54, 1.807) is 43.1 Å². The molecule has 0 fully saturated rings. The Morgan fingerprint density at radius 1 is 1.50 bits per heavy atom. The molecule has 1 aliphatic heterocycles. The molecule has 0 aliphatic carbocycles. The van der Waals surface area contributed by atoms with Crippen molar-refractivity contribution in [2.75, 3.05) is 44.1 Å². The molecule has 108 valence electrons. The molecule has 6 nitrogen and oxygen atoms in total. The number of amides is 2. The van der Waals surface area contributed by atoms with E-state index in [4.69, 9.17) is 4.74 Å². The highest BCUT2D eigenvalue weighted by atomic mass is 16.5. The first-order valence-electron chi connectivity index (χ1n) is 6.49. The number of rotatable bonds is 3. The van der Waals surface area contributed by atoms with Crippen LogP contribution < -0.4 is 19.9 Å². The number of likely N-dealkylation sites (N-methyl/N-ethyl adjacent to an activating group) is 2. The highest BCUT2D eigenvalue weighted by molar-refractivity contribution is 5.98. The highest BCUT2D eigenvalue weighted by Gasteiger charge is 2.21. The minimum atomic E-state index is -0.0454.